The molecule has 1 aromatic heterocycles. The number of carbonyl (C=O) groups excluding carboxylic acids is 2. The van der Waals surface area contributed by atoms with Crippen molar-refractivity contribution in [3.63, 3.8) is 0 Å². The number of phenolic OH excluding ortho intramolecular Hbond substituents is 1. The summed E-state index contributed by atoms with van der Waals surface area (Å²) < 4.78 is 0. The van der Waals surface area contributed by atoms with E-state index in [-0.39, 0.29) is 11.7 Å². The number of aldehydes is 1. The van der Waals surface area contributed by atoms with Crippen LogP contribution >= 0.6 is 11.3 Å². The van der Waals surface area contributed by atoms with Crippen LogP contribution < -0.4 is 10.6 Å². The zero-order chi connectivity index (χ0) is 19.5. The third kappa shape index (κ3) is 3.79. The maximum Gasteiger partial charge on any atom is 0.261 e. The topological polar surface area (TPSA) is 78.4 Å². The lowest BCUT2D eigenvalue weighted by molar-refractivity contribution is 0.0948. The van der Waals surface area contributed by atoms with Crippen LogP contribution in [0.5, 0.6) is 5.75 Å². The number of piperidine rings is 1. The van der Waals surface area contributed by atoms with Gasteiger partial charge in [0.1, 0.15) is 5.75 Å². The normalized spacial score (nSPS) is 16.8. The minimum atomic E-state index is -0.0317. The lowest BCUT2D eigenvalue weighted by atomic mass is 10.00. The Bertz CT molecular complexity index is 1020. The fourth-order valence-electron chi connectivity index (χ4n) is 3.66. The molecule has 1 amide bonds. The summed E-state index contributed by atoms with van der Waals surface area (Å²) in [6, 6.07) is 12.8. The van der Waals surface area contributed by atoms with Crippen molar-refractivity contribution in [3.8, 4) is 16.2 Å². The predicted octanol–water partition coefficient (Wildman–Crippen LogP) is 3.82. The molecule has 0 radical (unpaired) electrons. The molecule has 1 atom stereocenters. The van der Waals surface area contributed by atoms with E-state index in [0.29, 0.717) is 29.2 Å². The molecule has 4 rings (SSSR count). The van der Waals surface area contributed by atoms with Crippen molar-refractivity contribution < 1.29 is 14.7 Å². The maximum atomic E-state index is 12.5. The number of carbonyl (C=O) groups is 2. The van der Waals surface area contributed by atoms with Crippen LogP contribution in [0, 0.1) is 5.92 Å². The number of phenols is 1. The molecule has 2 aromatic carbocycles. The highest BCUT2D eigenvalue weighted by molar-refractivity contribution is 7.17. The van der Waals surface area contributed by atoms with Crippen molar-refractivity contribution in [1.82, 2.24) is 10.6 Å². The van der Waals surface area contributed by atoms with Gasteiger partial charge in [-0.1, -0.05) is 18.2 Å². The van der Waals surface area contributed by atoms with Crippen molar-refractivity contribution in [2.45, 2.75) is 12.8 Å². The summed E-state index contributed by atoms with van der Waals surface area (Å²) in [6.45, 7) is 2.73. The van der Waals surface area contributed by atoms with Gasteiger partial charge < -0.3 is 15.7 Å². The first-order valence-electron chi connectivity index (χ1n) is 9.46. The number of amides is 1. The molecule has 1 saturated heterocycles. The smallest absolute Gasteiger partial charge is 0.261 e. The summed E-state index contributed by atoms with van der Waals surface area (Å²) >= 11 is 1.46. The molecule has 0 saturated carbocycles. The molecule has 5 nitrogen and oxygen atoms in total. The summed E-state index contributed by atoms with van der Waals surface area (Å²) in [5.41, 5.74) is 1.28. The van der Waals surface area contributed by atoms with E-state index < -0.39 is 0 Å². The van der Waals surface area contributed by atoms with Crippen LogP contribution in [-0.2, 0) is 0 Å². The highest BCUT2D eigenvalue weighted by Crippen LogP contribution is 2.33. The highest BCUT2D eigenvalue weighted by Gasteiger charge is 2.16. The fourth-order valence-corrected chi connectivity index (χ4v) is 4.58. The van der Waals surface area contributed by atoms with Crippen LogP contribution in [0.1, 0.15) is 32.9 Å². The van der Waals surface area contributed by atoms with Crippen molar-refractivity contribution in [2.75, 3.05) is 19.6 Å². The number of hydrogen-bond donors (Lipinski definition) is 3. The second-order valence-electron chi connectivity index (χ2n) is 7.14. The Kier molecular flexibility index (Phi) is 5.41. The van der Waals surface area contributed by atoms with Crippen LogP contribution in [-0.4, -0.2) is 36.9 Å². The van der Waals surface area contributed by atoms with Gasteiger partial charge in [0, 0.05) is 11.4 Å². The molecule has 6 heteroatoms. The third-order valence-corrected chi connectivity index (χ3v) is 6.35. The van der Waals surface area contributed by atoms with Crippen molar-refractivity contribution >= 4 is 34.3 Å². The van der Waals surface area contributed by atoms with Gasteiger partial charge in [0.15, 0.2) is 6.29 Å². The Balaban J connectivity index is 1.51. The number of nitrogens with one attached hydrogen (secondary N) is 2. The van der Waals surface area contributed by atoms with Gasteiger partial charge >= 0.3 is 0 Å². The Hall–Kier alpha value is -2.70. The minimum absolute atomic E-state index is 0.0153. The fraction of sp³-hybridized carbons (Fsp3) is 0.273. The molecule has 1 fully saturated rings. The predicted molar refractivity (Wildman–Crippen MR) is 112 cm³/mol. The molecule has 1 aliphatic rings. The summed E-state index contributed by atoms with van der Waals surface area (Å²) in [5.74, 6) is 0.454. The second-order valence-corrected chi connectivity index (χ2v) is 8.22. The van der Waals surface area contributed by atoms with Gasteiger partial charge in [0.25, 0.3) is 5.91 Å². The number of rotatable bonds is 5. The van der Waals surface area contributed by atoms with E-state index >= 15 is 0 Å². The number of fused-ring (bicyclic) bond motifs is 1. The van der Waals surface area contributed by atoms with Gasteiger partial charge in [-0.15, -0.1) is 11.3 Å². The maximum absolute atomic E-state index is 12.5. The number of benzene rings is 2. The minimum Gasteiger partial charge on any atom is -0.507 e. The average molecular weight is 394 g/mol. The summed E-state index contributed by atoms with van der Waals surface area (Å²) in [6.07, 6.45) is 2.99. The van der Waals surface area contributed by atoms with E-state index in [2.05, 4.69) is 10.6 Å². The first-order valence-corrected chi connectivity index (χ1v) is 10.3. The monoisotopic (exact) mass is 394 g/mol. The van der Waals surface area contributed by atoms with Gasteiger partial charge in [0.2, 0.25) is 0 Å². The van der Waals surface area contributed by atoms with E-state index in [1.54, 1.807) is 6.07 Å². The molecule has 28 heavy (non-hydrogen) atoms. The lowest BCUT2D eigenvalue weighted by Crippen LogP contribution is -2.37. The highest BCUT2D eigenvalue weighted by atomic mass is 32.1. The van der Waals surface area contributed by atoms with E-state index in [4.69, 9.17) is 0 Å². The van der Waals surface area contributed by atoms with Crippen LogP contribution in [0.25, 0.3) is 21.2 Å². The molecular formula is C22H22N2O3S. The van der Waals surface area contributed by atoms with Crippen LogP contribution in [0.2, 0.25) is 0 Å². The van der Waals surface area contributed by atoms with Crippen molar-refractivity contribution in [3.05, 3.63) is 52.9 Å². The molecule has 0 spiro atoms. The van der Waals surface area contributed by atoms with Crippen molar-refractivity contribution in [2.24, 2.45) is 5.92 Å². The molecule has 0 aliphatic carbocycles. The Morgan fingerprint density at radius 1 is 1.25 bits per heavy atom. The van der Waals surface area contributed by atoms with Crippen LogP contribution in [0.4, 0.5) is 0 Å². The first-order chi connectivity index (χ1) is 13.7. The number of hydrogen-bond acceptors (Lipinski definition) is 5. The van der Waals surface area contributed by atoms with E-state index in [1.807, 2.05) is 30.3 Å². The zero-order valence-electron chi connectivity index (χ0n) is 15.4. The van der Waals surface area contributed by atoms with Gasteiger partial charge in [-0.25, -0.2) is 0 Å². The molecule has 3 N–H and O–H groups in total. The quantitative estimate of drug-likeness (QED) is 0.575. The summed E-state index contributed by atoms with van der Waals surface area (Å²) in [5, 5.41) is 17.8. The molecule has 3 aromatic rings. The van der Waals surface area contributed by atoms with E-state index in [9.17, 15) is 14.7 Å². The van der Waals surface area contributed by atoms with Gasteiger partial charge in [0.05, 0.1) is 10.4 Å². The molecule has 0 bridgehead atoms. The standard InChI is InChI=1S/C22H22N2O3S/c25-13-18-17-5-3-16(10-15(17)4-6-19(18)26)20-7-8-21(28-20)22(27)24-12-14-2-1-9-23-11-14/h3-8,10,13-14,23,26H,1-2,9,11-12H2,(H,24,27). The Labute approximate surface area is 167 Å². The van der Waals surface area contributed by atoms with E-state index in [1.165, 1.54) is 17.4 Å². The Morgan fingerprint density at radius 3 is 2.93 bits per heavy atom. The first kappa shape index (κ1) is 18.7. The lowest BCUT2D eigenvalue weighted by Gasteiger charge is -2.22. The Morgan fingerprint density at radius 2 is 2.14 bits per heavy atom. The SMILES string of the molecule is O=Cc1c(O)ccc2cc(-c3ccc(C(=O)NCC4CCCNC4)s3)ccc12. The van der Waals surface area contributed by atoms with Gasteiger partial charge in [-0.3, -0.25) is 9.59 Å². The van der Waals surface area contributed by atoms with Crippen LogP contribution in [0.3, 0.4) is 0 Å². The molecule has 2 heterocycles. The second kappa shape index (κ2) is 8.12. The average Bonchev–Trinajstić information content (AvgIpc) is 3.23. The molecule has 1 unspecified atom stereocenters. The largest absolute Gasteiger partial charge is 0.507 e. The number of aromatic hydroxyl groups is 1. The molecular weight excluding hydrogens is 372 g/mol. The molecule has 1 aliphatic heterocycles. The summed E-state index contributed by atoms with van der Waals surface area (Å²) in [4.78, 5) is 25.4. The van der Waals surface area contributed by atoms with E-state index in [0.717, 1.165) is 47.1 Å². The van der Waals surface area contributed by atoms with Gasteiger partial charge in [-0.05, 0) is 72.5 Å². The molecule has 144 valence electrons. The van der Waals surface area contributed by atoms with Crippen molar-refractivity contribution in [1.29, 1.82) is 0 Å². The van der Waals surface area contributed by atoms with Gasteiger partial charge in [-0.2, -0.15) is 0 Å². The van der Waals surface area contributed by atoms with Crippen LogP contribution in [0.15, 0.2) is 42.5 Å². The summed E-state index contributed by atoms with van der Waals surface area (Å²) in [7, 11) is 0. The third-order valence-electron chi connectivity index (χ3n) is 5.22. The zero-order valence-corrected chi connectivity index (χ0v) is 16.2. The number of thiophene rings is 1.